The number of aromatic nitrogens is 1. The molecule has 28 heavy (non-hydrogen) atoms. The third kappa shape index (κ3) is 3.35. The first kappa shape index (κ1) is 18.8. The molecule has 2 aliphatic heterocycles. The van der Waals surface area contributed by atoms with Crippen LogP contribution in [0.5, 0.6) is 0 Å². The highest BCUT2D eigenvalue weighted by Crippen LogP contribution is 2.32. The molecular weight excluding hydrogens is 374 g/mol. The van der Waals surface area contributed by atoms with Crippen molar-refractivity contribution >= 4 is 29.1 Å². The minimum absolute atomic E-state index is 0.00139. The van der Waals surface area contributed by atoms with E-state index in [1.54, 1.807) is 35.6 Å². The second kappa shape index (κ2) is 7.47. The Hall–Kier alpha value is -2.54. The van der Waals surface area contributed by atoms with Crippen LogP contribution in [0.1, 0.15) is 61.5 Å². The van der Waals surface area contributed by atoms with Gasteiger partial charge in [-0.2, -0.15) is 0 Å². The van der Waals surface area contributed by atoms with Gasteiger partial charge in [-0.15, -0.1) is 11.3 Å². The summed E-state index contributed by atoms with van der Waals surface area (Å²) in [7, 11) is 0. The molecular formula is C21H23N3O3S. The molecule has 0 saturated carbocycles. The number of imide groups is 1. The van der Waals surface area contributed by atoms with Crippen LogP contribution >= 0.6 is 11.3 Å². The van der Waals surface area contributed by atoms with E-state index in [4.69, 9.17) is 0 Å². The van der Waals surface area contributed by atoms with Crippen LogP contribution in [-0.4, -0.2) is 52.1 Å². The number of fused-ring (bicyclic) bond motifs is 1. The Morgan fingerprint density at radius 2 is 1.71 bits per heavy atom. The van der Waals surface area contributed by atoms with Crippen molar-refractivity contribution in [2.45, 2.75) is 39.0 Å². The van der Waals surface area contributed by atoms with Crippen LogP contribution < -0.4 is 0 Å². The molecule has 4 rings (SSSR count). The van der Waals surface area contributed by atoms with E-state index in [0.717, 1.165) is 18.5 Å². The van der Waals surface area contributed by atoms with Crippen LogP contribution in [0.3, 0.4) is 0 Å². The summed E-state index contributed by atoms with van der Waals surface area (Å²) in [6.45, 7) is 5.66. The van der Waals surface area contributed by atoms with Crippen molar-refractivity contribution in [2.24, 2.45) is 0 Å². The summed E-state index contributed by atoms with van der Waals surface area (Å²) in [5.74, 6) is -0.192. The molecule has 0 N–H and O–H groups in total. The third-order valence-electron chi connectivity index (χ3n) is 5.67. The average molecular weight is 398 g/mol. The van der Waals surface area contributed by atoms with Crippen LogP contribution in [0.4, 0.5) is 0 Å². The number of nitrogens with zero attached hydrogens (tertiary/aromatic N) is 3. The molecule has 0 spiro atoms. The molecule has 1 fully saturated rings. The third-order valence-corrected chi connectivity index (χ3v) is 6.90. The van der Waals surface area contributed by atoms with E-state index in [1.165, 1.54) is 14.8 Å². The Morgan fingerprint density at radius 3 is 2.25 bits per heavy atom. The smallest absolute Gasteiger partial charge is 0.261 e. The molecule has 1 aromatic carbocycles. The highest BCUT2D eigenvalue weighted by molar-refractivity contribution is 7.11. The van der Waals surface area contributed by atoms with Gasteiger partial charge in [0.1, 0.15) is 0 Å². The van der Waals surface area contributed by atoms with Crippen molar-refractivity contribution in [1.82, 2.24) is 14.8 Å². The summed E-state index contributed by atoms with van der Waals surface area (Å²) < 4.78 is 0. The normalized spacial score (nSPS) is 17.4. The van der Waals surface area contributed by atoms with Gasteiger partial charge in [-0.05, 0) is 38.8 Å². The van der Waals surface area contributed by atoms with E-state index in [9.17, 15) is 14.4 Å². The molecule has 2 aliphatic rings. The summed E-state index contributed by atoms with van der Waals surface area (Å²) in [5, 5.41) is 1.17. The van der Waals surface area contributed by atoms with E-state index in [1.807, 2.05) is 11.8 Å². The van der Waals surface area contributed by atoms with Crippen molar-refractivity contribution in [3.63, 3.8) is 0 Å². The Balaban J connectivity index is 1.31. The molecule has 3 heterocycles. The second-order valence-corrected chi connectivity index (χ2v) is 8.64. The summed E-state index contributed by atoms with van der Waals surface area (Å²) >= 11 is 1.76. The van der Waals surface area contributed by atoms with E-state index in [2.05, 4.69) is 11.9 Å². The molecule has 1 aromatic heterocycles. The highest BCUT2D eigenvalue weighted by Gasteiger charge is 2.35. The largest absolute Gasteiger partial charge is 0.343 e. The lowest BCUT2D eigenvalue weighted by molar-refractivity contribution is -0.132. The van der Waals surface area contributed by atoms with Gasteiger partial charge in [-0.1, -0.05) is 12.1 Å². The van der Waals surface area contributed by atoms with E-state index in [-0.39, 0.29) is 30.7 Å². The van der Waals surface area contributed by atoms with Crippen LogP contribution in [0.15, 0.2) is 24.3 Å². The standard InChI is InChI=1S/C21H23N3O3S/c1-13-14(2)28-19(22-13)15-7-10-23(11-8-15)18(25)9-12-24-20(26)16-5-3-4-6-17(16)21(24)27/h3-6,15H,7-12H2,1-2H3. The van der Waals surface area contributed by atoms with Gasteiger partial charge < -0.3 is 4.90 Å². The van der Waals surface area contributed by atoms with Gasteiger partial charge in [0.15, 0.2) is 0 Å². The fourth-order valence-electron chi connectivity index (χ4n) is 3.86. The van der Waals surface area contributed by atoms with E-state index in [0.29, 0.717) is 30.1 Å². The van der Waals surface area contributed by atoms with Crippen LogP contribution in [-0.2, 0) is 4.79 Å². The maximum absolute atomic E-state index is 12.6. The number of carbonyl (C=O) groups excluding carboxylic acids is 3. The van der Waals surface area contributed by atoms with Crippen molar-refractivity contribution in [3.05, 3.63) is 51.0 Å². The first-order valence-electron chi connectivity index (χ1n) is 9.62. The van der Waals surface area contributed by atoms with Gasteiger partial charge in [0.2, 0.25) is 5.91 Å². The number of thiazole rings is 1. The first-order chi connectivity index (χ1) is 13.5. The number of aryl methyl sites for hydroxylation is 2. The monoisotopic (exact) mass is 397 g/mol. The minimum atomic E-state index is -0.304. The van der Waals surface area contributed by atoms with Crippen molar-refractivity contribution in [2.75, 3.05) is 19.6 Å². The zero-order valence-corrected chi connectivity index (χ0v) is 16.9. The fraction of sp³-hybridized carbons (Fsp3) is 0.429. The van der Waals surface area contributed by atoms with E-state index >= 15 is 0 Å². The predicted molar refractivity (Wildman–Crippen MR) is 107 cm³/mol. The summed E-state index contributed by atoms with van der Waals surface area (Å²) in [5.41, 5.74) is 1.95. The van der Waals surface area contributed by atoms with Crippen LogP contribution in [0, 0.1) is 13.8 Å². The molecule has 7 heteroatoms. The Kier molecular flexibility index (Phi) is 5.02. The SMILES string of the molecule is Cc1nc(C2CCN(C(=O)CCN3C(=O)c4ccccc4C3=O)CC2)sc1C. The molecule has 0 atom stereocenters. The van der Waals surface area contributed by atoms with Gasteiger partial charge in [-0.25, -0.2) is 4.98 Å². The molecule has 0 radical (unpaired) electrons. The number of benzene rings is 1. The predicted octanol–water partition coefficient (Wildman–Crippen LogP) is 3.15. The lowest BCUT2D eigenvalue weighted by Crippen LogP contribution is -2.40. The van der Waals surface area contributed by atoms with Gasteiger partial charge in [-0.3, -0.25) is 19.3 Å². The number of hydrogen-bond donors (Lipinski definition) is 0. The number of rotatable bonds is 4. The number of likely N-dealkylation sites (tertiary alicyclic amines) is 1. The van der Waals surface area contributed by atoms with Crippen LogP contribution in [0.25, 0.3) is 0 Å². The van der Waals surface area contributed by atoms with Crippen molar-refractivity contribution < 1.29 is 14.4 Å². The lowest BCUT2D eigenvalue weighted by atomic mass is 9.97. The Bertz CT molecular complexity index is 890. The number of hydrogen-bond acceptors (Lipinski definition) is 5. The second-order valence-electron chi connectivity index (χ2n) is 7.41. The van der Waals surface area contributed by atoms with Gasteiger partial charge in [0.25, 0.3) is 11.8 Å². The van der Waals surface area contributed by atoms with Gasteiger partial charge in [0, 0.05) is 36.9 Å². The van der Waals surface area contributed by atoms with Gasteiger partial charge >= 0.3 is 0 Å². The van der Waals surface area contributed by atoms with Gasteiger partial charge in [0.05, 0.1) is 21.8 Å². The fourth-order valence-corrected chi connectivity index (χ4v) is 4.95. The average Bonchev–Trinajstić information content (AvgIpc) is 3.17. The maximum Gasteiger partial charge on any atom is 0.261 e. The minimum Gasteiger partial charge on any atom is -0.343 e. The summed E-state index contributed by atoms with van der Waals surface area (Å²) in [6.07, 6.45) is 1.99. The lowest BCUT2D eigenvalue weighted by Gasteiger charge is -2.31. The summed E-state index contributed by atoms with van der Waals surface area (Å²) in [4.78, 5) is 46.4. The zero-order valence-electron chi connectivity index (χ0n) is 16.1. The molecule has 0 unspecified atom stereocenters. The Labute approximate surface area is 168 Å². The van der Waals surface area contributed by atoms with Crippen molar-refractivity contribution in [3.8, 4) is 0 Å². The summed E-state index contributed by atoms with van der Waals surface area (Å²) in [6, 6.07) is 6.80. The van der Waals surface area contributed by atoms with Crippen molar-refractivity contribution in [1.29, 1.82) is 0 Å². The van der Waals surface area contributed by atoms with E-state index < -0.39 is 0 Å². The quantitative estimate of drug-likeness (QED) is 0.743. The Morgan fingerprint density at radius 1 is 1.11 bits per heavy atom. The highest BCUT2D eigenvalue weighted by atomic mass is 32.1. The first-order valence-corrected chi connectivity index (χ1v) is 10.4. The molecule has 0 bridgehead atoms. The molecule has 6 nitrogen and oxygen atoms in total. The number of carbonyl (C=O) groups is 3. The number of piperidine rings is 1. The molecule has 1 saturated heterocycles. The zero-order chi connectivity index (χ0) is 19.8. The maximum atomic E-state index is 12.6. The topological polar surface area (TPSA) is 70.6 Å². The van der Waals surface area contributed by atoms with Crippen LogP contribution in [0.2, 0.25) is 0 Å². The molecule has 3 amide bonds. The molecule has 0 aliphatic carbocycles. The number of amides is 3. The molecule has 2 aromatic rings. The molecule has 146 valence electrons.